The first-order valence-electron chi connectivity index (χ1n) is 6.75. The van der Waals surface area contributed by atoms with Crippen LogP contribution in [0.15, 0.2) is 20.7 Å². The van der Waals surface area contributed by atoms with Crippen LogP contribution in [0, 0.1) is 0 Å². The number of H-pyrrole nitrogens is 1. The molecule has 9 heteroatoms. The number of nitrogens with zero attached hydrogens (tertiary/aromatic N) is 3. The van der Waals surface area contributed by atoms with Gasteiger partial charge in [0.1, 0.15) is 0 Å². The van der Waals surface area contributed by atoms with Gasteiger partial charge in [-0.1, -0.05) is 17.7 Å². The lowest BCUT2D eigenvalue weighted by molar-refractivity contribution is 0.208. The molecule has 8 nitrogen and oxygen atoms in total. The van der Waals surface area contributed by atoms with Crippen LogP contribution in [0.5, 0.6) is 0 Å². The Morgan fingerprint density at radius 1 is 1.55 bits per heavy atom. The van der Waals surface area contributed by atoms with Crippen molar-refractivity contribution in [2.24, 2.45) is 7.05 Å². The number of aryl methyl sites for hydroxylation is 1. The first-order valence-corrected chi connectivity index (χ1v) is 7.12. The number of aromatic nitrogens is 4. The molecule has 0 saturated heterocycles. The third kappa shape index (κ3) is 3.23. The van der Waals surface area contributed by atoms with E-state index in [1.165, 1.54) is 11.6 Å². The Kier molecular flexibility index (Phi) is 4.72. The van der Waals surface area contributed by atoms with Crippen LogP contribution < -0.4 is 16.6 Å². The van der Waals surface area contributed by atoms with Crippen molar-refractivity contribution < 1.29 is 5.11 Å². The standard InChI is InChI=1S/C13H18ClN5O3/c1-7(14)4-5-19-9-10(16-12(19)15-6-8(2)20)18(3)13(22)17-11(9)21/h4,8,20H,5-6H2,1-3H3,(H,15,16)(H,17,21,22)/b7-4-/t8-/m1/s1. The fourth-order valence-electron chi connectivity index (χ4n) is 2.00. The molecule has 2 heterocycles. The Bertz CT molecular complexity index is 827. The molecule has 1 atom stereocenters. The highest BCUT2D eigenvalue weighted by molar-refractivity contribution is 6.29. The number of allylic oxidation sites excluding steroid dienone is 2. The Labute approximate surface area is 131 Å². The van der Waals surface area contributed by atoms with Gasteiger partial charge in [0.05, 0.1) is 6.10 Å². The molecule has 0 unspecified atom stereocenters. The molecule has 2 aromatic heterocycles. The van der Waals surface area contributed by atoms with Gasteiger partial charge in [-0.15, -0.1) is 0 Å². The number of nitrogens with one attached hydrogen (secondary N) is 2. The number of aliphatic hydroxyl groups excluding tert-OH is 1. The molecular formula is C13H18ClN5O3. The minimum atomic E-state index is -0.583. The Morgan fingerprint density at radius 3 is 2.82 bits per heavy atom. The summed E-state index contributed by atoms with van der Waals surface area (Å²) in [5, 5.41) is 12.9. The van der Waals surface area contributed by atoms with Gasteiger partial charge < -0.3 is 15.0 Å². The zero-order valence-corrected chi connectivity index (χ0v) is 13.3. The molecule has 0 aliphatic rings. The molecule has 0 spiro atoms. The molecule has 120 valence electrons. The third-order valence-electron chi connectivity index (χ3n) is 3.12. The van der Waals surface area contributed by atoms with E-state index in [0.29, 0.717) is 17.5 Å². The van der Waals surface area contributed by atoms with E-state index in [2.05, 4.69) is 15.3 Å². The van der Waals surface area contributed by atoms with E-state index in [-0.39, 0.29) is 17.7 Å². The fourth-order valence-corrected chi connectivity index (χ4v) is 2.07. The van der Waals surface area contributed by atoms with Crippen LogP contribution in [0.3, 0.4) is 0 Å². The van der Waals surface area contributed by atoms with Crippen molar-refractivity contribution in [1.29, 1.82) is 0 Å². The molecule has 2 rings (SSSR count). The summed E-state index contributed by atoms with van der Waals surface area (Å²) in [4.78, 5) is 30.3. The van der Waals surface area contributed by atoms with E-state index in [1.807, 2.05) is 0 Å². The van der Waals surface area contributed by atoms with Gasteiger partial charge in [0.2, 0.25) is 5.95 Å². The maximum atomic E-state index is 12.1. The quantitative estimate of drug-likeness (QED) is 0.735. The molecule has 0 bridgehead atoms. The Morgan fingerprint density at radius 2 is 2.23 bits per heavy atom. The fraction of sp³-hybridized carbons (Fsp3) is 0.462. The van der Waals surface area contributed by atoms with Crippen molar-refractivity contribution in [1.82, 2.24) is 19.1 Å². The second-order valence-corrected chi connectivity index (χ2v) is 5.65. The van der Waals surface area contributed by atoms with Gasteiger partial charge in [0, 0.05) is 25.2 Å². The van der Waals surface area contributed by atoms with Gasteiger partial charge >= 0.3 is 5.69 Å². The number of imidazole rings is 1. The summed E-state index contributed by atoms with van der Waals surface area (Å²) in [5.41, 5.74) is -0.517. The van der Waals surface area contributed by atoms with E-state index in [0.717, 1.165) is 0 Å². The van der Waals surface area contributed by atoms with Gasteiger partial charge in [-0.05, 0) is 13.8 Å². The molecule has 0 radical (unpaired) electrons. The van der Waals surface area contributed by atoms with Crippen molar-refractivity contribution in [3.05, 3.63) is 31.9 Å². The van der Waals surface area contributed by atoms with Crippen LogP contribution in [-0.4, -0.2) is 36.9 Å². The summed E-state index contributed by atoms with van der Waals surface area (Å²) < 4.78 is 2.87. The van der Waals surface area contributed by atoms with Crippen molar-refractivity contribution in [2.75, 3.05) is 11.9 Å². The first-order chi connectivity index (χ1) is 10.3. The zero-order chi connectivity index (χ0) is 16.4. The molecule has 0 saturated carbocycles. The lowest BCUT2D eigenvalue weighted by Crippen LogP contribution is -2.29. The molecule has 22 heavy (non-hydrogen) atoms. The maximum Gasteiger partial charge on any atom is 0.329 e. The van der Waals surface area contributed by atoms with E-state index < -0.39 is 17.4 Å². The molecule has 3 N–H and O–H groups in total. The monoisotopic (exact) mass is 327 g/mol. The molecular weight excluding hydrogens is 310 g/mol. The highest BCUT2D eigenvalue weighted by Crippen LogP contribution is 2.16. The van der Waals surface area contributed by atoms with E-state index in [1.54, 1.807) is 24.5 Å². The van der Waals surface area contributed by atoms with Gasteiger partial charge in [0.15, 0.2) is 11.2 Å². The molecule has 0 aromatic carbocycles. The lowest BCUT2D eigenvalue weighted by atomic mass is 10.4. The number of anilines is 1. The highest BCUT2D eigenvalue weighted by Gasteiger charge is 2.16. The Hall–Kier alpha value is -2.06. The predicted octanol–water partition coefficient (Wildman–Crippen LogP) is 0.359. The van der Waals surface area contributed by atoms with Gasteiger partial charge in [-0.3, -0.25) is 14.3 Å². The summed E-state index contributed by atoms with van der Waals surface area (Å²) in [6.45, 7) is 3.93. The normalized spacial score (nSPS) is 13.6. The highest BCUT2D eigenvalue weighted by atomic mass is 35.5. The minimum Gasteiger partial charge on any atom is -0.392 e. The van der Waals surface area contributed by atoms with Gasteiger partial charge in [0.25, 0.3) is 5.56 Å². The van der Waals surface area contributed by atoms with Crippen LogP contribution >= 0.6 is 11.6 Å². The van der Waals surface area contributed by atoms with E-state index in [9.17, 15) is 14.7 Å². The van der Waals surface area contributed by atoms with E-state index >= 15 is 0 Å². The second kappa shape index (κ2) is 6.37. The average molecular weight is 328 g/mol. The molecule has 0 amide bonds. The SMILES string of the molecule is C/C(Cl)=C/Cn1c(NC[C@@H](C)O)nc2c1c(=O)[nH]c(=O)n2C. The number of aromatic amines is 1. The molecule has 2 aromatic rings. The van der Waals surface area contributed by atoms with Crippen LogP contribution in [-0.2, 0) is 13.6 Å². The van der Waals surface area contributed by atoms with E-state index in [4.69, 9.17) is 11.6 Å². The summed E-state index contributed by atoms with van der Waals surface area (Å²) in [5.74, 6) is 0.386. The van der Waals surface area contributed by atoms with Gasteiger partial charge in [-0.25, -0.2) is 4.79 Å². The minimum absolute atomic E-state index is 0.263. The predicted molar refractivity (Wildman–Crippen MR) is 85.4 cm³/mol. The van der Waals surface area contributed by atoms with Crippen LogP contribution in [0.4, 0.5) is 5.95 Å². The van der Waals surface area contributed by atoms with Crippen LogP contribution in [0.25, 0.3) is 11.2 Å². The molecule has 0 fully saturated rings. The van der Waals surface area contributed by atoms with Crippen LogP contribution in [0.1, 0.15) is 13.8 Å². The Balaban J connectivity index is 2.66. The maximum absolute atomic E-state index is 12.1. The number of halogens is 1. The average Bonchev–Trinajstić information content (AvgIpc) is 2.79. The van der Waals surface area contributed by atoms with Crippen molar-refractivity contribution in [3.63, 3.8) is 0 Å². The first kappa shape index (κ1) is 16.3. The molecule has 0 aliphatic heterocycles. The third-order valence-corrected chi connectivity index (χ3v) is 3.27. The zero-order valence-electron chi connectivity index (χ0n) is 12.6. The lowest BCUT2D eigenvalue weighted by Gasteiger charge is -2.09. The number of hydrogen-bond donors (Lipinski definition) is 3. The number of fused-ring (bicyclic) bond motifs is 1. The van der Waals surface area contributed by atoms with Crippen LogP contribution in [0.2, 0.25) is 0 Å². The van der Waals surface area contributed by atoms with Crippen molar-refractivity contribution >= 4 is 28.7 Å². The van der Waals surface area contributed by atoms with Gasteiger partial charge in [-0.2, -0.15) is 4.98 Å². The number of rotatable bonds is 5. The van der Waals surface area contributed by atoms with Crippen molar-refractivity contribution in [2.45, 2.75) is 26.5 Å². The summed E-state index contributed by atoms with van der Waals surface area (Å²) in [6.07, 6.45) is 1.14. The molecule has 0 aliphatic carbocycles. The smallest absolute Gasteiger partial charge is 0.329 e. The van der Waals surface area contributed by atoms with Crippen molar-refractivity contribution in [3.8, 4) is 0 Å². The summed E-state index contributed by atoms with van der Waals surface area (Å²) in [7, 11) is 1.53. The number of aliphatic hydroxyl groups is 1. The summed E-state index contributed by atoms with van der Waals surface area (Å²) >= 11 is 5.85. The largest absolute Gasteiger partial charge is 0.392 e. The topological polar surface area (TPSA) is 105 Å². The second-order valence-electron chi connectivity index (χ2n) is 5.06. The number of hydrogen-bond acceptors (Lipinski definition) is 5. The summed E-state index contributed by atoms with van der Waals surface area (Å²) in [6, 6.07) is 0.